The lowest BCUT2D eigenvalue weighted by Crippen LogP contribution is -2.28. The van der Waals surface area contributed by atoms with Crippen molar-refractivity contribution in [2.45, 2.75) is 11.8 Å². The van der Waals surface area contributed by atoms with E-state index in [0.29, 0.717) is 10.8 Å². The molecule has 0 bridgehead atoms. The Balaban J connectivity index is 1.89. The number of sulfonamides is 1. The van der Waals surface area contributed by atoms with Crippen LogP contribution >= 0.6 is 11.6 Å². The number of benzene rings is 2. The van der Waals surface area contributed by atoms with Crippen molar-refractivity contribution in [1.29, 1.82) is 0 Å². The largest absolute Gasteiger partial charge is 0.491 e. The van der Waals surface area contributed by atoms with Crippen LogP contribution in [0.4, 0.5) is 0 Å². The van der Waals surface area contributed by atoms with Crippen LogP contribution in [0.15, 0.2) is 53.4 Å². The highest BCUT2D eigenvalue weighted by molar-refractivity contribution is 7.89. The van der Waals surface area contributed by atoms with Crippen molar-refractivity contribution >= 4 is 21.6 Å². The van der Waals surface area contributed by atoms with Crippen molar-refractivity contribution < 1.29 is 13.2 Å². The summed E-state index contributed by atoms with van der Waals surface area (Å²) >= 11 is 6.00. The van der Waals surface area contributed by atoms with Crippen LogP contribution in [0, 0.1) is 6.92 Å². The van der Waals surface area contributed by atoms with Crippen LogP contribution in [0.3, 0.4) is 0 Å². The summed E-state index contributed by atoms with van der Waals surface area (Å²) in [5.74, 6) is 0.551. The van der Waals surface area contributed by atoms with E-state index in [9.17, 15) is 8.42 Å². The number of nitrogens with one attached hydrogen (secondary N) is 1. The molecule has 1 N–H and O–H groups in total. The Morgan fingerprint density at radius 3 is 2.57 bits per heavy atom. The molecule has 0 amide bonds. The van der Waals surface area contributed by atoms with Crippen LogP contribution in [0.2, 0.25) is 5.02 Å². The summed E-state index contributed by atoms with van der Waals surface area (Å²) in [7, 11) is -3.50. The third-order valence-corrected chi connectivity index (χ3v) is 4.58. The summed E-state index contributed by atoms with van der Waals surface area (Å²) in [5, 5.41) is 0.506. The fraction of sp³-hybridized carbons (Fsp3) is 0.200. The first-order valence-corrected chi connectivity index (χ1v) is 8.29. The van der Waals surface area contributed by atoms with E-state index in [-0.39, 0.29) is 18.0 Å². The van der Waals surface area contributed by atoms with E-state index >= 15 is 0 Å². The number of ether oxygens (including phenoxy) is 1. The van der Waals surface area contributed by atoms with Crippen molar-refractivity contribution in [2.24, 2.45) is 0 Å². The molecule has 0 aliphatic rings. The first-order valence-electron chi connectivity index (χ1n) is 6.43. The maximum Gasteiger partial charge on any atom is 0.240 e. The van der Waals surface area contributed by atoms with Gasteiger partial charge in [-0.2, -0.15) is 0 Å². The summed E-state index contributed by atoms with van der Waals surface area (Å²) in [6, 6.07) is 13.7. The van der Waals surface area contributed by atoms with Gasteiger partial charge in [0.15, 0.2) is 0 Å². The minimum atomic E-state index is -3.50. The Hall–Kier alpha value is -1.56. The van der Waals surface area contributed by atoms with Crippen molar-refractivity contribution in [2.75, 3.05) is 13.2 Å². The first kappa shape index (κ1) is 15.8. The number of aryl methyl sites for hydroxylation is 1. The molecule has 2 aromatic carbocycles. The van der Waals surface area contributed by atoms with E-state index in [1.165, 1.54) is 0 Å². The second-order valence-electron chi connectivity index (χ2n) is 4.49. The summed E-state index contributed by atoms with van der Waals surface area (Å²) in [4.78, 5) is 0.235. The zero-order chi connectivity index (χ0) is 15.3. The number of halogens is 1. The molecule has 0 unspecified atom stereocenters. The van der Waals surface area contributed by atoms with E-state index in [0.717, 1.165) is 5.56 Å². The highest BCUT2D eigenvalue weighted by Gasteiger charge is 2.12. The Morgan fingerprint density at radius 2 is 1.86 bits per heavy atom. The summed E-state index contributed by atoms with van der Waals surface area (Å²) < 4.78 is 31.9. The molecule has 2 aromatic rings. The highest BCUT2D eigenvalue weighted by Crippen LogP contribution is 2.24. The van der Waals surface area contributed by atoms with Gasteiger partial charge in [0.1, 0.15) is 12.4 Å². The molecule has 0 saturated heterocycles. The second-order valence-corrected chi connectivity index (χ2v) is 6.67. The molecule has 4 nitrogen and oxygen atoms in total. The average molecular weight is 326 g/mol. The number of hydrogen-bond acceptors (Lipinski definition) is 3. The lowest BCUT2D eigenvalue weighted by Gasteiger charge is -2.10. The first-order chi connectivity index (χ1) is 9.99. The van der Waals surface area contributed by atoms with Gasteiger partial charge in [0.2, 0.25) is 10.0 Å². The van der Waals surface area contributed by atoms with Gasteiger partial charge < -0.3 is 4.74 Å². The van der Waals surface area contributed by atoms with E-state index in [1.54, 1.807) is 36.4 Å². The predicted octanol–water partition coefficient (Wildman–Crippen LogP) is 3.01. The lowest BCUT2D eigenvalue weighted by molar-refractivity contribution is 0.323. The van der Waals surface area contributed by atoms with Gasteiger partial charge in [-0.3, -0.25) is 0 Å². The van der Waals surface area contributed by atoms with Gasteiger partial charge in [-0.15, -0.1) is 0 Å². The van der Waals surface area contributed by atoms with Crippen LogP contribution in [0.25, 0.3) is 0 Å². The maximum atomic E-state index is 12.0. The van der Waals surface area contributed by atoms with E-state index in [2.05, 4.69) is 4.72 Å². The molecule has 0 heterocycles. The van der Waals surface area contributed by atoms with Crippen LogP contribution in [0.5, 0.6) is 5.75 Å². The summed E-state index contributed by atoms with van der Waals surface area (Å²) in [5.41, 5.74) is 1.03. The summed E-state index contributed by atoms with van der Waals surface area (Å²) in [6.07, 6.45) is 0. The fourth-order valence-electron chi connectivity index (χ4n) is 1.74. The normalized spacial score (nSPS) is 11.3. The Bertz CT molecular complexity index is 702. The second kappa shape index (κ2) is 6.93. The average Bonchev–Trinajstić information content (AvgIpc) is 2.48. The van der Waals surface area contributed by atoms with Crippen molar-refractivity contribution in [3.63, 3.8) is 0 Å². The van der Waals surface area contributed by atoms with E-state index in [4.69, 9.17) is 16.3 Å². The van der Waals surface area contributed by atoms with Crippen LogP contribution < -0.4 is 9.46 Å². The third kappa shape index (κ3) is 4.46. The minimum absolute atomic E-state index is 0.168. The van der Waals surface area contributed by atoms with Crippen molar-refractivity contribution in [1.82, 2.24) is 4.72 Å². The van der Waals surface area contributed by atoms with Gasteiger partial charge in [-0.1, -0.05) is 35.9 Å². The lowest BCUT2D eigenvalue weighted by atomic mass is 10.2. The molecule has 0 aromatic heterocycles. The van der Waals surface area contributed by atoms with Gasteiger partial charge >= 0.3 is 0 Å². The van der Waals surface area contributed by atoms with Crippen LogP contribution in [-0.2, 0) is 10.0 Å². The zero-order valence-electron chi connectivity index (χ0n) is 11.5. The standard InChI is InChI=1S/C15H16ClNO3S/c1-12-7-8-14(16)15(11-12)20-10-9-17-21(18,19)13-5-3-2-4-6-13/h2-8,11,17H,9-10H2,1H3. The molecule has 0 atom stereocenters. The van der Waals surface area contributed by atoms with Gasteiger partial charge in [0.05, 0.1) is 9.92 Å². The molecule has 0 radical (unpaired) electrons. The molecule has 6 heteroatoms. The Kier molecular flexibility index (Phi) is 5.22. The Morgan fingerprint density at radius 1 is 1.14 bits per heavy atom. The molecular weight excluding hydrogens is 310 g/mol. The van der Waals surface area contributed by atoms with Crippen molar-refractivity contribution in [3.8, 4) is 5.75 Å². The quantitative estimate of drug-likeness (QED) is 0.831. The van der Waals surface area contributed by atoms with Crippen LogP contribution in [-0.4, -0.2) is 21.6 Å². The van der Waals surface area contributed by atoms with Gasteiger partial charge in [-0.25, -0.2) is 13.1 Å². The monoisotopic (exact) mass is 325 g/mol. The van der Waals surface area contributed by atoms with Gasteiger partial charge in [-0.05, 0) is 36.8 Å². The fourth-order valence-corrected chi connectivity index (χ4v) is 2.95. The molecule has 0 aliphatic carbocycles. The Labute approximate surface area is 129 Å². The molecule has 0 spiro atoms. The van der Waals surface area contributed by atoms with Crippen LogP contribution in [0.1, 0.15) is 5.56 Å². The third-order valence-electron chi connectivity index (χ3n) is 2.79. The number of hydrogen-bond donors (Lipinski definition) is 1. The smallest absolute Gasteiger partial charge is 0.240 e. The van der Waals surface area contributed by atoms with Gasteiger partial charge in [0, 0.05) is 6.54 Å². The maximum absolute atomic E-state index is 12.0. The highest BCUT2D eigenvalue weighted by atomic mass is 35.5. The summed E-state index contributed by atoms with van der Waals surface area (Å²) in [6.45, 7) is 2.30. The molecule has 112 valence electrons. The van der Waals surface area contributed by atoms with E-state index in [1.807, 2.05) is 19.1 Å². The SMILES string of the molecule is Cc1ccc(Cl)c(OCCNS(=O)(=O)c2ccccc2)c1. The molecule has 2 rings (SSSR count). The minimum Gasteiger partial charge on any atom is -0.491 e. The van der Waals surface area contributed by atoms with Gasteiger partial charge in [0.25, 0.3) is 0 Å². The molecule has 0 fully saturated rings. The molecule has 0 saturated carbocycles. The zero-order valence-corrected chi connectivity index (χ0v) is 13.1. The molecular formula is C15H16ClNO3S. The predicted molar refractivity (Wildman–Crippen MR) is 83.3 cm³/mol. The van der Waals surface area contributed by atoms with E-state index < -0.39 is 10.0 Å². The molecule has 0 aliphatic heterocycles. The van der Waals surface area contributed by atoms with Crippen molar-refractivity contribution in [3.05, 3.63) is 59.1 Å². The topological polar surface area (TPSA) is 55.4 Å². The molecule has 21 heavy (non-hydrogen) atoms. The number of rotatable bonds is 6.